The van der Waals surface area contributed by atoms with Gasteiger partial charge in [-0.15, -0.1) is 0 Å². The van der Waals surface area contributed by atoms with Crippen LogP contribution in [0.25, 0.3) is 0 Å². The number of hydrogen-bond acceptors (Lipinski definition) is 4. The maximum Gasteiger partial charge on any atom is 0.0451 e. The summed E-state index contributed by atoms with van der Waals surface area (Å²) in [5.74, 6) is 0. The summed E-state index contributed by atoms with van der Waals surface area (Å²) in [6, 6.07) is 22.7. The zero-order valence-electron chi connectivity index (χ0n) is 19.8. The monoisotopic (exact) mass is 422 g/mol. The van der Waals surface area contributed by atoms with Gasteiger partial charge in [0.05, 0.1) is 0 Å². The first-order valence-electron chi connectivity index (χ1n) is 12.2. The average molecular weight is 423 g/mol. The lowest BCUT2D eigenvalue weighted by atomic mass is 10.0. The molecule has 1 N–H and O–H groups in total. The van der Waals surface area contributed by atoms with Gasteiger partial charge in [0.2, 0.25) is 0 Å². The van der Waals surface area contributed by atoms with Crippen LogP contribution in [0, 0.1) is 0 Å². The number of benzene rings is 2. The molecule has 2 aromatic carbocycles. The number of nitrogens with zero attached hydrogens (tertiary/aromatic N) is 3. The Hall–Kier alpha value is -1.88. The summed E-state index contributed by atoms with van der Waals surface area (Å²) in [7, 11) is 0. The lowest BCUT2D eigenvalue weighted by Crippen LogP contribution is -2.49. The van der Waals surface area contributed by atoms with E-state index in [9.17, 15) is 0 Å². The van der Waals surface area contributed by atoms with Crippen molar-refractivity contribution in [2.24, 2.45) is 0 Å². The van der Waals surface area contributed by atoms with Crippen molar-refractivity contribution in [3.63, 3.8) is 0 Å². The van der Waals surface area contributed by atoms with E-state index in [0.717, 1.165) is 45.8 Å². The Morgan fingerprint density at radius 1 is 0.871 bits per heavy atom. The zero-order chi connectivity index (χ0) is 21.9. The molecule has 1 aliphatic rings. The molecular formula is C27H42N4. The highest BCUT2D eigenvalue weighted by Gasteiger charge is 2.22. The van der Waals surface area contributed by atoms with Gasteiger partial charge in [-0.3, -0.25) is 4.90 Å². The van der Waals surface area contributed by atoms with Gasteiger partial charge in [0.15, 0.2) is 0 Å². The summed E-state index contributed by atoms with van der Waals surface area (Å²) < 4.78 is 0. The van der Waals surface area contributed by atoms with Crippen LogP contribution >= 0.6 is 0 Å². The van der Waals surface area contributed by atoms with Crippen molar-refractivity contribution in [3.05, 3.63) is 66.2 Å². The predicted octanol–water partition coefficient (Wildman–Crippen LogP) is 4.65. The Bertz CT molecular complexity index is 709. The SMILES string of the molecule is CCN(CC)CCCC(C)NC(CN1CCN(c2ccccc2)CC1)c1ccccc1. The fourth-order valence-corrected chi connectivity index (χ4v) is 4.61. The molecular weight excluding hydrogens is 380 g/mol. The maximum absolute atomic E-state index is 3.96. The molecule has 0 spiro atoms. The van der Waals surface area contributed by atoms with Crippen LogP contribution in [0.15, 0.2) is 60.7 Å². The van der Waals surface area contributed by atoms with E-state index in [-0.39, 0.29) is 0 Å². The van der Waals surface area contributed by atoms with Gasteiger partial charge < -0.3 is 15.1 Å². The largest absolute Gasteiger partial charge is 0.369 e. The van der Waals surface area contributed by atoms with Crippen LogP contribution in [0.5, 0.6) is 0 Å². The normalized spacial score (nSPS) is 17.1. The van der Waals surface area contributed by atoms with Crippen molar-refractivity contribution in [2.45, 2.75) is 45.7 Å². The summed E-state index contributed by atoms with van der Waals surface area (Å²) in [6.07, 6.45) is 2.48. The van der Waals surface area contributed by atoms with E-state index in [1.165, 1.54) is 30.6 Å². The van der Waals surface area contributed by atoms with Crippen molar-refractivity contribution >= 4 is 5.69 Å². The molecule has 4 heteroatoms. The molecule has 0 saturated carbocycles. The molecule has 3 rings (SSSR count). The summed E-state index contributed by atoms with van der Waals surface area (Å²) in [5, 5.41) is 3.96. The molecule has 0 radical (unpaired) electrons. The minimum absolute atomic E-state index is 0.382. The summed E-state index contributed by atoms with van der Waals surface area (Å²) in [4.78, 5) is 7.66. The van der Waals surface area contributed by atoms with Gasteiger partial charge in [-0.05, 0) is 57.1 Å². The van der Waals surface area contributed by atoms with Gasteiger partial charge >= 0.3 is 0 Å². The molecule has 0 aliphatic carbocycles. The van der Waals surface area contributed by atoms with Gasteiger partial charge in [-0.25, -0.2) is 0 Å². The van der Waals surface area contributed by atoms with Crippen molar-refractivity contribution in [3.8, 4) is 0 Å². The molecule has 0 aromatic heterocycles. The Balaban J connectivity index is 1.52. The van der Waals surface area contributed by atoms with E-state index in [1.807, 2.05) is 0 Å². The number of piperazine rings is 1. The fourth-order valence-electron chi connectivity index (χ4n) is 4.61. The molecule has 2 atom stereocenters. The van der Waals surface area contributed by atoms with Crippen LogP contribution in [0.1, 0.15) is 45.2 Å². The number of nitrogens with one attached hydrogen (secondary N) is 1. The summed E-state index contributed by atoms with van der Waals surface area (Å²) in [6.45, 7) is 15.9. The molecule has 0 amide bonds. The summed E-state index contributed by atoms with van der Waals surface area (Å²) in [5.41, 5.74) is 2.75. The average Bonchev–Trinajstić information content (AvgIpc) is 2.83. The standard InChI is InChI=1S/C27H42N4/c1-4-29(5-2)18-12-13-24(3)28-27(25-14-8-6-9-15-25)23-30-19-21-31(22-20-30)26-16-10-7-11-17-26/h6-11,14-17,24,27-28H,4-5,12-13,18-23H2,1-3H3. The van der Waals surface area contributed by atoms with Crippen LogP contribution in [0.3, 0.4) is 0 Å². The molecule has 1 saturated heterocycles. The zero-order valence-corrected chi connectivity index (χ0v) is 19.8. The highest BCUT2D eigenvalue weighted by atomic mass is 15.3. The second-order valence-corrected chi connectivity index (χ2v) is 8.82. The van der Waals surface area contributed by atoms with Gasteiger partial charge in [0, 0.05) is 50.5 Å². The van der Waals surface area contributed by atoms with E-state index in [2.05, 4.69) is 101 Å². The maximum atomic E-state index is 3.96. The second-order valence-electron chi connectivity index (χ2n) is 8.82. The first kappa shape index (κ1) is 23.8. The molecule has 0 bridgehead atoms. The van der Waals surface area contributed by atoms with Crippen molar-refractivity contribution in [2.75, 3.05) is 57.3 Å². The lowest BCUT2D eigenvalue weighted by Gasteiger charge is -2.38. The van der Waals surface area contributed by atoms with E-state index >= 15 is 0 Å². The van der Waals surface area contributed by atoms with Crippen LogP contribution in [0.4, 0.5) is 5.69 Å². The van der Waals surface area contributed by atoms with Gasteiger partial charge in [0.1, 0.15) is 0 Å². The second kappa shape index (κ2) is 12.8. The first-order valence-corrected chi connectivity index (χ1v) is 12.2. The molecule has 1 heterocycles. The van der Waals surface area contributed by atoms with E-state index < -0.39 is 0 Å². The molecule has 1 aliphatic heterocycles. The molecule has 4 nitrogen and oxygen atoms in total. The van der Waals surface area contributed by atoms with Crippen molar-refractivity contribution < 1.29 is 0 Å². The van der Waals surface area contributed by atoms with Gasteiger partial charge in [-0.1, -0.05) is 62.4 Å². The topological polar surface area (TPSA) is 21.8 Å². The highest BCUT2D eigenvalue weighted by molar-refractivity contribution is 5.46. The Morgan fingerprint density at radius 2 is 1.48 bits per heavy atom. The first-order chi connectivity index (χ1) is 15.2. The van der Waals surface area contributed by atoms with Gasteiger partial charge in [0.25, 0.3) is 0 Å². The number of anilines is 1. The fraction of sp³-hybridized carbons (Fsp3) is 0.556. The lowest BCUT2D eigenvalue weighted by molar-refractivity contribution is 0.220. The number of hydrogen-bond donors (Lipinski definition) is 1. The Kier molecular flexibility index (Phi) is 9.85. The summed E-state index contributed by atoms with van der Waals surface area (Å²) >= 11 is 0. The minimum atomic E-state index is 0.382. The quantitative estimate of drug-likeness (QED) is 0.537. The van der Waals surface area contributed by atoms with E-state index in [1.54, 1.807) is 0 Å². The van der Waals surface area contributed by atoms with Crippen LogP contribution < -0.4 is 10.2 Å². The molecule has 170 valence electrons. The third-order valence-corrected chi connectivity index (χ3v) is 6.63. The van der Waals surface area contributed by atoms with Gasteiger partial charge in [-0.2, -0.15) is 0 Å². The number of rotatable bonds is 12. The van der Waals surface area contributed by atoms with Crippen LogP contribution in [0.2, 0.25) is 0 Å². The molecule has 2 unspecified atom stereocenters. The Morgan fingerprint density at radius 3 is 2.10 bits per heavy atom. The molecule has 31 heavy (non-hydrogen) atoms. The molecule has 2 aromatic rings. The highest BCUT2D eigenvalue weighted by Crippen LogP contribution is 2.20. The smallest absolute Gasteiger partial charge is 0.0451 e. The Labute approximate surface area is 190 Å². The van der Waals surface area contributed by atoms with E-state index in [4.69, 9.17) is 0 Å². The van der Waals surface area contributed by atoms with E-state index in [0.29, 0.717) is 12.1 Å². The third kappa shape index (κ3) is 7.64. The third-order valence-electron chi connectivity index (χ3n) is 6.63. The van der Waals surface area contributed by atoms with Crippen LogP contribution in [-0.2, 0) is 0 Å². The number of para-hydroxylation sites is 1. The minimum Gasteiger partial charge on any atom is -0.369 e. The van der Waals surface area contributed by atoms with Crippen molar-refractivity contribution in [1.29, 1.82) is 0 Å². The predicted molar refractivity (Wildman–Crippen MR) is 134 cm³/mol. The molecule has 1 fully saturated rings. The van der Waals surface area contributed by atoms with Crippen molar-refractivity contribution in [1.82, 2.24) is 15.1 Å². The van der Waals surface area contributed by atoms with Crippen LogP contribution in [-0.4, -0.2) is 68.2 Å².